The summed E-state index contributed by atoms with van der Waals surface area (Å²) >= 11 is 0. The molecule has 8 N–H and O–H groups in total. The zero-order chi connectivity index (χ0) is 32.4. The van der Waals surface area contributed by atoms with E-state index < -0.39 is 90.2 Å². The first-order chi connectivity index (χ1) is 21.9. The normalized spacial score (nSPS) is 37.7. The molecule has 24 heteroatoms. The minimum atomic E-state index is -4.55. The van der Waals surface area contributed by atoms with Crippen LogP contribution in [0.25, 0.3) is 22.3 Å². The number of aliphatic hydroxyl groups is 2. The van der Waals surface area contributed by atoms with E-state index in [-0.39, 0.29) is 34.0 Å². The number of imidazole rings is 2. The molecule has 10 atom stereocenters. The molecule has 22 nitrogen and oxygen atoms in total. The van der Waals surface area contributed by atoms with Crippen molar-refractivity contribution in [3.63, 3.8) is 0 Å². The van der Waals surface area contributed by atoms with Crippen LogP contribution in [0.1, 0.15) is 12.5 Å². The third kappa shape index (κ3) is 5.65. The number of hydrogen-bond donors (Lipinski definition) is 6. The molecule has 0 aromatic carbocycles. The molecule has 4 aromatic heterocycles. The molecule has 3 aliphatic rings. The second-order valence-electron chi connectivity index (χ2n) is 10.7. The highest BCUT2D eigenvalue weighted by Gasteiger charge is 2.50. The van der Waals surface area contributed by atoms with Crippen LogP contribution in [0.5, 0.6) is 0 Å². The van der Waals surface area contributed by atoms with E-state index in [1.165, 1.54) is 34.4 Å². The zero-order valence-corrected chi connectivity index (χ0v) is 25.2. The van der Waals surface area contributed by atoms with E-state index >= 15 is 0 Å². The molecule has 0 bridgehead atoms. The largest absolute Gasteiger partial charge is 0.386 e. The van der Waals surface area contributed by atoms with Gasteiger partial charge in [0, 0.05) is 0 Å². The highest BCUT2D eigenvalue weighted by atomic mass is 31.2. The highest BCUT2D eigenvalue weighted by molar-refractivity contribution is 7.52. The van der Waals surface area contributed by atoms with E-state index in [0.717, 1.165) is 0 Å². The molecular formula is C22H28N10O12P2. The molecule has 0 saturated carbocycles. The molecule has 248 valence electrons. The summed E-state index contributed by atoms with van der Waals surface area (Å²) in [6.07, 6.45) is -7.51. The van der Waals surface area contributed by atoms with Crippen LogP contribution in [0.4, 0.5) is 11.6 Å². The first kappa shape index (κ1) is 31.4. The Labute approximate surface area is 257 Å². The first-order valence-electron chi connectivity index (χ1n) is 13.6. The van der Waals surface area contributed by atoms with Gasteiger partial charge < -0.3 is 59.5 Å². The number of anilines is 2. The molecule has 0 spiro atoms. The Balaban J connectivity index is 1.13. The van der Waals surface area contributed by atoms with E-state index in [1.807, 2.05) is 0 Å². The fraction of sp³-hybridized carbons (Fsp3) is 0.545. The molecule has 7 heterocycles. The standard InChI is InChI=1S/C22H28N10O12P2/c23-17-11-19(27-3-25-17)31(5-29-11)21-13(33)15-9(43-21)1-41-45(35,36)7-40-16-10(2-42-46(37,38)8-39-15)44-22(14(16)34)32-6-30-12-18(24)26-4-28-20(12)32/h3-6,9-10,13-16,21-22,33-34H,1-2,7-8H2,(H,35,36)(H,37,38)(H2,23,25,27)(H2,24,26,28)/t9-,10-,13+,14+,15?,16?,21-,22-/m1/s1. The summed E-state index contributed by atoms with van der Waals surface area (Å²) in [6.45, 7) is -1.23. The zero-order valence-electron chi connectivity index (χ0n) is 23.4. The summed E-state index contributed by atoms with van der Waals surface area (Å²) in [5, 5.41) is 22.4. The average Bonchev–Trinajstić information content (AvgIpc) is 3.77. The van der Waals surface area contributed by atoms with Crippen molar-refractivity contribution in [2.24, 2.45) is 0 Å². The Morgan fingerprint density at radius 1 is 0.696 bits per heavy atom. The van der Waals surface area contributed by atoms with Crippen LogP contribution < -0.4 is 11.5 Å². The molecule has 3 saturated heterocycles. The molecule has 4 unspecified atom stereocenters. The van der Waals surface area contributed by atoms with Crippen molar-refractivity contribution in [2.75, 3.05) is 37.4 Å². The van der Waals surface area contributed by atoms with Gasteiger partial charge in [-0.05, 0) is 0 Å². The van der Waals surface area contributed by atoms with Crippen molar-refractivity contribution >= 4 is 49.2 Å². The number of ether oxygens (including phenoxy) is 4. The van der Waals surface area contributed by atoms with Crippen LogP contribution in [-0.4, -0.2) is 122 Å². The summed E-state index contributed by atoms with van der Waals surface area (Å²) in [6, 6.07) is 0. The predicted octanol–water partition coefficient (Wildman–Crippen LogP) is -1.55. The SMILES string of the molecule is Nc1ncnc2c1ncn2[C@@H]1O[C@@H]2COP(=O)(O)COC3[C@@H](COP(=O)(O)COC2[C@@H]1O)O[C@@H](n1cnc2c(N)ncnc21)[C@H]3O. The van der Waals surface area contributed by atoms with Crippen LogP contribution in [0, 0.1) is 0 Å². The smallest absolute Gasteiger partial charge is 0.353 e. The number of aliphatic hydroxyl groups excluding tert-OH is 2. The minimum absolute atomic E-state index is 0.0799. The molecule has 3 aliphatic heterocycles. The second kappa shape index (κ2) is 11.8. The van der Waals surface area contributed by atoms with Crippen molar-refractivity contribution in [3.8, 4) is 0 Å². The van der Waals surface area contributed by atoms with Gasteiger partial charge in [0.15, 0.2) is 35.4 Å². The van der Waals surface area contributed by atoms with Crippen LogP contribution >= 0.6 is 15.2 Å². The molecule has 46 heavy (non-hydrogen) atoms. The molecule has 4 aromatic rings. The maximum absolute atomic E-state index is 13.1. The van der Waals surface area contributed by atoms with Gasteiger partial charge in [0.25, 0.3) is 0 Å². The van der Waals surface area contributed by atoms with Gasteiger partial charge in [-0.25, -0.2) is 29.9 Å². The second-order valence-corrected chi connectivity index (χ2v) is 14.2. The summed E-state index contributed by atoms with van der Waals surface area (Å²) in [5.74, 6) is 0.160. The lowest BCUT2D eigenvalue weighted by molar-refractivity contribution is -0.0655. The quantitative estimate of drug-likeness (QED) is 0.130. The maximum Gasteiger partial charge on any atom is 0.353 e. The number of rotatable bonds is 2. The Kier molecular flexibility index (Phi) is 8.03. The lowest BCUT2D eigenvalue weighted by atomic mass is 10.1. The third-order valence-electron chi connectivity index (χ3n) is 7.68. The fourth-order valence-electron chi connectivity index (χ4n) is 5.51. The van der Waals surface area contributed by atoms with Gasteiger partial charge in [-0.15, -0.1) is 0 Å². The van der Waals surface area contributed by atoms with Gasteiger partial charge in [-0.3, -0.25) is 18.3 Å². The Bertz CT molecular complexity index is 1730. The van der Waals surface area contributed by atoms with Crippen molar-refractivity contribution in [1.29, 1.82) is 0 Å². The van der Waals surface area contributed by atoms with E-state index in [0.29, 0.717) is 0 Å². The molecule has 7 rings (SSSR count). The van der Waals surface area contributed by atoms with Crippen molar-refractivity contribution in [3.05, 3.63) is 25.3 Å². The number of nitrogens with zero attached hydrogens (tertiary/aromatic N) is 8. The van der Waals surface area contributed by atoms with Gasteiger partial charge in [0.05, 0.1) is 25.9 Å². The fourth-order valence-corrected chi connectivity index (χ4v) is 7.14. The van der Waals surface area contributed by atoms with Crippen molar-refractivity contribution < 1.29 is 57.1 Å². The topological polar surface area (TPSA) is 310 Å². The van der Waals surface area contributed by atoms with Gasteiger partial charge in [0.2, 0.25) is 0 Å². The number of fused-ring (bicyclic) bond motifs is 4. The van der Waals surface area contributed by atoms with E-state index in [1.54, 1.807) is 0 Å². The number of nitrogens with two attached hydrogens (primary N) is 2. The van der Waals surface area contributed by atoms with Gasteiger partial charge in [-0.1, -0.05) is 0 Å². The van der Waals surface area contributed by atoms with Gasteiger partial charge in [0.1, 0.15) is 73.0 Å². The lowest BCUT2D eigenvalue weighted by Crippen LogP contribution is -2.38. The number of nitrogen functional groups attached to an aromatic ring is 2. The monoisotopic (exact) mass is 686 g/mol. The van der Waals surface area contributed by atoms with Crippen molar-refractivity contribution in [2.45, 2.75) is 49.1 Å². The Hall–Kier alpha value is -3.24. The van der Waals surface area contributed by atoms with E-state index in [4.69, 9.17) is 39.5 Å². The summed E-state index contributed by atoms with van der Waals surface area (Å²) < 4.78 is 62.5. The van der Waals surface area contributed by atoms with Gasteiger partial charge in [-0.2, -0.15) is 0 Å². The predicted molar refractivity (Wildman–Crippen MR) is 150 cm³/mol. The highest BCUT2D eigenvalue weighted by Crippen LogP contribution is 2.48. The van der Waals surface area contributed by atoms with Crippen molar-refractivity contribution in [1.82, 2.24) is 39.0 Å². The average molecular weight is 686 g/mol. The van der Waals surface area contributed by atoms with Crippen LogP contribution in [0.3, 0.4) is 0 Å². The Morgan fingerprint density at radius 3 is 1.52 bits per heavy atom. The molecule has 3 fully saturated rings. The molecule has 0 radical (unpaired) electrons. The van der Waals surface area contributed by atoms with Gasteiger partial charge >= 0.3 is 15.2 Å². The maximum atomic E-state index is 13.1. The third-order valence-corrected chi connectivity index (χ3v) is 9.74. The molecule has 0 aliphatic carbocycles. The number of hydrogen-bond acceptors (Lipinski definition) is 18. The molecular weight excluding hydrogens is 658 g/mol. The minimum Gasteiger partial charge on any atom is -0.386 e. The Morgan fingerprint density at radius 2 is 1.11 bits per heavy atom. The lowest BCUT2D eigenvalue weighted by Gasteiger charge is -2.26. The van der Waals surface area contributed by atoms with Crippen LogP contribution in [-0.2, 0) is 37.1 Å². The van der Waals surface area contributed by atoms with Crippen LogP contribution in [0.15, 0.2) is 25.3 Å². The molecule has 0 amide bonds. The summed E-state index contributed by atoms with van der Waals surface area (Å²) in [7, 11) is -9.10. The van der Waals surface area contributed by atoms with E-state index in [9.17, 15) is 29.1 Å². The summed E-state index contributed by atoms with van der Waals surface area (Å²) in [4.78, 5) is 45.5. The summed E-state index contributed by atoms with van der Waals surface area (Å²) in [5.41, 5.74) is 12.6. The van der Waals surface area contributed by atoms with E-state index in [2.05, 4.69) is 29.9 Å². The number of aromatic nitrogens is 8. The van der Waals surface area contributed by atoms with Crippen LogP contribution in [0.2, 0.25) is 0 Å². The first-order valence-corrected chi connectivity index (χ1v) is 17.1.